The van der Waals surface area contributed by atoms with Gasteiger partial charge in [0.1, 0.15) is 10.8 Å². The van der Waals surface area contributed by atoms with Gasteiger partial charge in [-0.1, -0.05) is 59.8 Å². The van der Waals surface area contributed by atoms with Crippen LogP contribution in [0, 0.1) is 12.7 Å². The molecule has 0 aliphatic carbocycles. The van der Waals surface area contributed by atoms with Crippen LogP contribution < -0.4 is 5.32 Å². The Kier molecular flexibility index (Phi) is 5.53. The number of benzene rings is 3. The third-order valence-corrected chi connectivity index (χ3v) is 5.32. The van der Waals surface area contributed by atoms with Crippen molar-refractivity contribution in [2.24, 2.45) is 0 Å². The van der Waals surface area contributed by atoms with Crippen LogP contribution >= 0.6 is 11.8 Å². The molecule has 0 aliphatic rings. The van der Waals surface area contributed by atoms with E-state index in [2.05, 4.69) is 15.3 Å². The zero-order chi connectivity index (χ0) is 20.2. The maximum Gasteiger partial charge on any atom is 0.234 e. The van der Waals surface area contributed by atoms with Gasteiger partial charge in [-0.05, 0) is 37.3 Å². The summed E-state index contributed by atoms with van der Waals surface area (Å²) in [5.41, 5.74) is 3.39. The number of thioether (sulfide) groups is 1. The number of halogens is 1. The van der Waals surface area contributed by atoms with Crippen molar-refractivity contribution in [3.05, 3.63) is 84.2 Å². The van der Waals surface area contributed by atoms with Crippen molar-refractivity contribution >= 4 is 34.3 Å². The van der Waals surface area contributed by atoms with Crippen LogP contribution in [0.4, 0.5) is 10.1 Å². The molecule has 0 fully saturated rings. The number of hydrogen-bond acceptors (Lipinski definition) is 4. The number of nitrogens with zero attached hydrogens (tertiary/aromatic N) is 2. The van der Waals surface area contributed by atoms with E-state index in [1.807, 2.05) is 61.5 Å². The summed E-state index contributed by atoms with van der Waals surface area (Å²) < 4.78 is 13.8. The summed E-state index contributed by atoms with van der Waals surface area (Å²) >= 11 is 1.27. The first-order valence-electron chi connectivity index (χ1n) is 9.10. The Hall–Kier alpha value is -3.25. The summed E-state index contributed by atoms with van der Waals surface area (Å²) in [5, 5.41) is 4.02. The molecule has 0 atom stereocenters. The molecule has 0 radical (unpaired) electrons. The summed E-state index contributed by atoms with van der Waals surface area (Å²) in [6.45, 7) is 2.01. The third kappa shape index (κ3) is 4.60. The summed E-state index contributed by atoms with van der Waals surface area (Å²) in [7, 11) is 0. The molecule has 1 N–H and O–H groups in total. The summed E-state index contributed by atoms with van der Waals surface area (Å²) in [6.07, 6.45) is 0. The number of carbonyl (C=O) groups is 1. The minimum Gasteiger partial charge on any atom is -0.325 e. The molecule has 29 heavy (non-hydrogen) atoms. The maximum absolute atomic E-state index is 13.8. The van der Waals surface area contributed by atoms with E-state index < -0.39 is 0 Å². The van der Waals surface area contributed by atoms with E-state index in [1.54, 1.807) is 6.07 Å². The maximum atomic E-state index is 13.8. The Morgan fingerprint density at radius 2 is 1.76 bits per heavy atom. The van der Waals surface area contributed by atoms with Crippen molar-refractivity contribution in [2.45, 2.75) is 11.9 Å². The standard InChI is InChI=1S/C23H18FN3OS/c1-15-7-9-16(10-8-15)22-26-20-12-11-17(24)13-19(20)23(27-22)29-14-21(28)25-18-5-3-2-4-6-18/h2-13H,14H2,1H3,(H,25,28). The van der Waals surface area contributed by atoms with Crippen LogP contribution in [0.1, 0.15) is 5.56 Å². The molecular formula is C23H18FN3OS. The fourth-order valence-corrected chi connectivity index (χ4v) is 3.68. The monoisotopic (exact) mass is 403 g/mol. The lowest BCUT2D eigenvalue weighted by molar-refractivity contribution is -0.113. The number of aryl methyl sites for hydroxylation is 1. The molecule has 0 spiro atoms. The van der Waals surface area contributed by atoms with Gasteiger partial charge in [0.15, 0.2) is 5.82 Å². The number of aromatic nitrogens is 2. The summed E-state index contributed by atoms with van der Waals surface area (Å²) in [4.78, 5) is 21.5. The van der Waals surface area contributed by atoms with Crippen LogP contribution in [0.2, 0.25) is 0 Å². The van der Waals surface area contributed by atoms with E-state index >= 15 is 0 Å². The lowest BCUT2D eigenvalue weighted by Gasteiger charge is -2.09. The van der Waals surface area contributed by atoms with Gasteiger partial charge in [-0.25, -0.2) is 14.4 Å². The molecule has 1 heterocycles. The van der Waals surface area contributed by atoms with Crippen molar-refractivity contribution in [3.8, 4) is 11.4 Å². The fraction of sp³-hybridized carbons (Fsp3) is 0.0870. The van der Waals surface area contributed by atoms with Crippen molar-refractivity contribution in [1.82, 2.24) is 9.97 Å². The quantitative estimate of drug-likeness (QED) is 0.354. The van der Waals surface area contributed by atoms with Gasteiger partial charge in [-0.3, -0.25) is 4.79 Å². The van der Waals surface area contributed by atoms with E-state index in [4.69, 9.17) is 0 Å². The number of anilines is 1. The highest BCUT2D eigenvalue weighted by molar-refractivity contribution is 8.00. The van der Waals surface area contributed by atoms with Crippen molar-refractivity contribution in [3.63, 3.8) is 0 Å². The first-order valence-corrected chi connectivity index (χ1v) is 10.1. The van der Waals surface area contributed by atoms with E-state index in [1.165, 1.54) is 23.9 Å². The van der Waals surface area contributed by atoms with Crippen LogP contribution in [-0.2, 0) is 4.79 Å². The lowest BCUT2D eigenvalue weighted by Crippen LogP contribution is -2.14. The average molecular weight is 403 g/mol. The van der Waals surface area contributed by atoms with Crippen molar-refractivity contribution in [2.75, 3.05) is 11.1 Å². The molecule has 0 aliphatic heterocycles. The molecule has 1 aromatic heterocycles. The Balaban J connectivity index is 1.63. The minimum absolute atomic E-state index is 0.152. The average Bonchev–Trinajstić information content (AvgIpc) is 2.73. The number of nitrogens with one attached hydrogen (secondary N) is 1. The van der Waals surface area contributed by atoms with Gasteiger partial charge in [-0.15, -0.1) is 0 Å². The number of carbonyl (C=O) groups excluding carboxylic acids is 1. The molecule has 1 amide bonds. The molecule has 6 heteroatoms. The van der Waals surface area contributed by atoms with Crippen LogP contribution in [0.3, 0.4) is 0 Å². The van der Waals surface area contributed by atoms with Crippen LogP contribution in [0.15, 0.2) is 77.8 Å². The predicted octanol–water partition coefficient (Wildman–Crippen LogP) is 5.48. The van der Waals surface area contributed by atoms with Crippen molar-refractivity contribution in [1.29, 1.82) is 0 Å². The van der Waals surface area contributed by atoms with Gasteiger partial charge < -0.3 is 5.32 Å². The highest BCUT2D eigenvalue weighted by Gasteiger charge is 2.13. The molecule has 4 rings (SSSR count). The second-order valence-electron chi connectivity index (χ2n) is 6.58. The van der Waals surface area contributed by atoms with E-state index in [-0.39, 0.29) is 17.5 Å². The summed E-state index contributed by atoms with van der Waals surface area (Å²) in [5.74, 6) is 0.196. The second-order valence-corrected chi connectivity index (χ2v) is 7.55. The molecule has 0 bridgehead atoms. The number of rotatable bonds is 5. The Labute approximate surface area is 172 Å². The van der Waals surface area contributed by atoms with Gasteiger partial charge >= 0.3 is 0 Å². The highest BCUT2D eigenvalue weighted by Crippen LogP contribution is 2.29. The normalized spacial score (nSPS) is 10.8. The molecule has 144 valence electrons. The molecule has 0 unspecified atom stereocenters. The molecule has 3 aromatic carbocycles. The number of fused-ring (bicyclic) bond motifs is 1. The Bertz CT molecular complexity index is 1160. The highest BCUT2D eigenvalue weighted by atomic mass is 32.2. The van der Waals surface area contributed by atoms with E-state index in [0.29, 0.717) is 21.8 Å². The lowest BCUT2D eigenvalue weighted by atomic mass is 10.1. The first-order chi connectivity index (χ1) is 14.1. The van der Waals surface area contributed by atoms with E-state index in [0.717, 1.165) is 16.8 Å². The van der Waals surface area contributed by atoms with Crippen LogP contribution in [0.25, 0.3) is 22.3 Å². The summed E-state index contributed by atoms with van der Waals surface area (Å²) in [6, 6.07) is 21.6. The number of amides is 1. The molecule has 0 saturated heterocycles. The third-order valence-electron chi connectivity index (χ3n) is 4.33. The van der Waals surface area contributed by atoms with Crippen molar-refractivity contribution < 1.29 is 9.18 Å². The first kappa shape index (κ1) is 19.1. The zero-order valence-electron chi connectivity index (χ0n) is 15.7. The van der Waals surface area contributed by atoms with Gasteiger partial charge in [0.25, 0.3) is 0 Å². The van der Waals surface area contributed by atoms with Gasteiger partial charge in [0.2, 0.25) is 5.91 Å². The predicted molar refractivity (Wildman–Crippen MR) is 115 cm³/mol. The Morgan fingerprint density at radius 3 is 2.52 bits per heavy atom. The smallest absolute Gasteiger partial charge is 0.234 e. The Morgan fingerprint density at radius 1 is 1.00 bits per heavy atom. The molecule has 4 nitrogen and oxygen atoms in total. The molecule has 0 saturated carbocycles. The van der Waals surface area contributed by atoms with Gasteiger partial charge in [0.05, 0.1) is 11.3 Å². The van der Waals surface area contributed by atoms with Crippen LogP contribution in [-0.4, -0.2) is 21.6 Å². The minimum atomic E-state index is -0.361. The second kappa shape index (κ2) is 8.41. The fourth-order valence-electron chi connectivity index (χ4n) is 2.87. The zero-order valence-corrected chi connectivity index (χ0v) is 16.5. The molecular weight excluding hydrogens is 385 g/mol. The molecule has 4 aromatic rings. The van der Waals surface area contributed by atoms with Gasteiger partial charge in [0, 0.05) is 16.6 Å². The van der Waals surface area contributed by atoms with E-state index in [9.17, 15) is 9.18 Å². The topological polar surface area (TPSA) is 54.9 Å². The van der Waals surface area contributed by atoms with Crippen LogP contribution in [0.5, 0.6) is 0 Å². The number of hydrogen-bond donors (Lipinski definition) is 1. The SMILES string of the molecule is Cc1ccc(-c2nc(SCC(=O)Nc3ccccc3)c3cc(F)ccc3n2)cc1. The number of para-hydroxylation sites is 1. The largest absolute Gasteiger partial charge is 0.325 e. The van der Waals surface area contributed by atoms with Gasteiger partial charge in [-0.2, -0.15) is 0 Å².